The van der Waals surface area contributed by atoms with E-state index in [-0.39, 0.29) is 0 Å². The van der Waals surface area contributed by atoms with E-state index in [2.05, 4.69) is 6.92 Å². The Morgan fingerprint density at radius 2 is 1.55 bits per heavy atom. The van der Waals surface area contributed by atoms with Gasteiger partial charge in [0.1, 0.15) is 5.67 Å². The van der Waals surface area contributed by atoms with Crippen LogP contribution in [0.4, 0.5) is 4.39 Å². The quantitative estimate of drug-likeness (QED) is 0.503. The van der Waals surface area contributed by atoms with Gasteiger partial charge in [-0.15, -0.1) is 0 Å². The van der Waals surface area contributed by atoms with Crippen LogP contribution in [0.5, 0.6) is 0 Å². The van der Waals surface area contributed by atoms with Crippen molar-refractivity contribution in [1.29, 1.82) is 0 Å². The Bertz CT molecular complexity index is 87.0. The van der Waals surface area contributed by atoms with Crippen molar-refractivity contribution < 1.29 is 4.39 Å². The van der Waals surface area contributed by atoms with Gasteiger partial charge in [-0.1, -0.05) is 20.8 Å². The number of halogens is 1. The minimum Gasteiger partial charge on any atom is -0.244 e. The monoisotopic (exact) mass is 160 g/mol. The number of hydrogen-bond acceptors (Lipinski definition) is 0. The van der Waals surface area contributed by atoms with Crippen molar-refractivity contribution >= 4 is 0 Å². The summed E-state index contributed by atoms with van der Waals surface area (Å²) < 4.78 is 13.0. The molecule has 0 amide bonds. The average Bonchev–Trinajstić information content (AvgIpc) is 2.00. The number of alkyl halides is 1. The highest BCUT2D eigenvalue weighted by molar-refractivity contribution is 4.79. The van der Waals surface area contributed by atoms with Gasteiger partial charge in [-0.2, -0.15) is 0 Å². The molecule has 0 aromatic rings. The first kappa shape index (κ1) is 10.9. The van der Waals surface area contributed by atoms with Gasteiger partial charge in [-0.25, -0.2) is 4.39 Å². The van der Waals surface area contributed by atoms with Crippen molar-refractivity contribution in [2.45, 2.75) is 59.0 Å². The van der Waals surface area contributed by atoms with Crippen LogP contribution in [0.25, 0.3) is 0 Å². The maximum Gasteiger partial charge on any atom is 0.108 e. The summed E-state index contributed by atoms with van der Waals surface area (Å²) in [7, 11) is 0. The molecule has 1 saturated carbocycles. The zero-order valence-corrected chi connectivity index (χ0v) is 8.28. The molecule has 0 aromatic carbocycles. The molecule has 0 bridgehead atoms. The van der Waals surface area contributed by atoms with Gasteiger partial charge in [0, 0.05) is 0 Å². The molecule has 0 aliphatic heterocycles. The largest absolute Gasteiger partial charge is 0.244 e. The maximum absolute atomic E-state index is 13.0. The first-order valence-corrected chi connectivity index (χ1v) is 4.79. The highest BCUT2D eigenvalue weighted by Crippen LogP contribution is 2.33. The van der Waals surface area contributed by atoms with Gasteiger partial charge >= 0.3 is 0 Å². The van der Waals surface area contributed by atoms with E-state index in [1.165, 1.54) is 0 Å². The van der Waals surface area contributed by atoms with Crippen molar-refractivity contribution in [3.63, 3.8) is 0 Å². The summed E-state index contributed by atoms with van der Waals surface area (Å²) >= 11 is 0. The second-order valence-electron chi connectivity index (χ2n) is 3.60. The van der Waals surface area contributed by atoms with Crippen LogP contribution < -0.4 is 0 Å². The van der Waals surface area contributed by atoms with Crippen LogP contribution in [-0.4, -0.2) is 5.67 Å². The molecule has 1 rings (SSSR count). The van der Waals surface area contributed by atoms with E-state index in [1.807, 2.05) is 13.8 Å². The fraction of sp³-hybridized carbons (Fsp3) is 1.00. The molecule has 0 spiro atoms. The normalized spacial score (nSPS) is 37.4. The molecular formula is C10H21F. The fourth-order valence-corrected chi connectivity index (χ4v) is 1.36. The molecule has 0 heterocycles. The first-order chi connectivity index (χ1) is 5.10. The van der Waals surface area contributed by atoms with Crippen molar-refractivity contribution in [2.24, 2.45) is 5.92 Å². The summed E-state index contributed by atoms with van der Waals surface area (Å²) in [5.74, 6) is 0.758. The van der Waals surface area contributed by atoms with Gasteiger partial charge in [0.2, 0.25) is 0 Å². The summed E-state index contributed by atoms with van der Waals surface area (Å²) in [5, 5.41) is 0. The third-order valence-electron chi connectivity index (χ3n) is 2.32. The molecule has 11 heavy (non-hydrogen) atoms. The first-order valence-electron chi connectivity index (χ1n) is 4.79. The van der Waals surface area contributed by atoms with Gasteiger partial charge in [-0.05, 0) is 38.5 Å². The van der Waals surface area contributed by atoms with Gasteiger partial charge in [0.05, 0.1) is 0 Å². The molecule has 0 radical (unpaired) electrons. The molecule has 0 aromatic heterocycles. The summed E-state index contributed by atoms with van der Waals surface area (Å²) in [6, 6.07) is 0. The topological polar surface area (TPSA) is 0 Å². The lowest BCUT2D eigenvalue weighted by molar-refractivity contribution is 0.108. The van der Waals surface area contributed by atoms with Crippen LogP contribution in [0, 0.1) is 5.92 Å². The Labute approximate surface area is 70.2 Å². The van der Waals surface area contributed by atoms with Crippen LogP contribution in [0.3, 0.4) is 0 Å². The average molecular weight is 160 g/mol. The predicted octanol–water partition coefficient (Wildman–Crippen LogP) is 3.95. The van der Waals surface area contributed by atoms with Crippen LogP contribution in [-0.2, 0) is 0 Å². The molecule has 1 aliphatic carbocycles. The summed E-state index contributed by atoms with van der Waals surface area (Å²) in [5.41, 5.74) is -0.841. The van der Waals surface area contributed by atoms with Gasteiger partial charge < -0.3 is 0 Å². The van der Waals surface area contributed by atoms with Crippen molar-refractivity contribution in [3.8, 4) is 0 Å². The SMILES string of the molecule is CC.CC1CCC(C)(F)CC1. The predicted molar refractivity (Wildman–Crippen MR) is 48.5 cm³/mol. The summed E-state index contributed by atoms with van der Waals surface area (Å²) in [6.45, 7) is 7.92. The Morgan fingerprint density at radius 1 is 1.18 bits per heavy atom. The molecule has 68 valence electrons. The second kappa shape index (κ2) is 4.74. The van der Waals surface area contributed by atoms with Crippen LogP contribution in [0.15, 0.2) is 0 Å². The van der Waals surface area contributed by atoms with E-state index in [0.29, 0.717) is 0 Å². The van der Waals surface area contributed by atoms with E-state index in [0.717, 1.165) is 31.6 Å². The van der Waals surface area contributed by atoms with E-state index in [1.54, 1.807) is 6.92 Å². The molecule has 0 saturated heterocycles. The highest BCUT2D eigenvalue weighted by Gasteiger charge is 2.28. The van der Waals surface area contributed by atoms with Crippen LogP contribution in [0.2, 0.25) is 0 Å². The molecule has 1 fully saturated rings. The number of rotatable bonds is 0. The zero-order chi connectivity index (χ0) is 8.91. The smallest absolute Gasteiger partial charge is 0.108 e. The van der Waals surface area contributed by atoms with Gasteiger partial charge in [-0.3, -0.25) is 0 Å². The Hall–Kier alpha value is -0.0700. The Kier molecular flexibility index (Phi) is 4.71. The highest BCUT2D eigenvalue weighted by atomic mass is 19.1. The molecule has 1 heteroatoms. The third-order valence-corrected chi connectivity index (χ3v) is 2.32. The summed E-state index contributed by atoms with van der Waals surface area (Å²) in [6.07, 6.45) is 3.70. The van der Waals surface area contributed by atoms with Gasteiger partial charge in [0.15, 0.2) is 0 Å². The maximum atomic E-state index is 13.0. The standard InChI is InChI=1S/C8H15F.C2H6/c1-7-3-5-8(2,9)6-4-7;1-2/h7H,3-6H2,1-2H3;1-2H3. The lowest BCUT2D eigenvalue weighted by atomic mass is 9.82. The van der Waals surface area contributed by atoms with E-state index >= 15 is 0 Å². The molecular weight excluding hydrogens is 139 g/mol. The Morgan fingerprint density at radius 3 is 1.82 bits per heavy atom. The van der Waals surface area contributed by atoms with E-state index in [9.17, 15) is 4.39 Å². The third kappa shape index (κ3) is 4.39. The van der Waals surface area contributed by atoms with E-state index in [4.69, 9.17) is 0 Å². The van der Waals surface area contributed by atoms with Crippen LogP contribution in [0.1, 0.15) is 53.4 Å². The summed E-state index contributed by atoms with van der Waals surface area (Å²) in [4.78, 5) is 0. The lowest BCUT2D eigenvalue weighted by Gasteiger charge is -2.28. The Balaban J connectivity index is 0.000000461. The zero-order valence-electron chi connectivity index (χ0n) is 8.28. The molecule has 0 unspecified atom stereocenters. The molecule has 0 atom stereocenters. The van der Waals surface area contributed by atoms with Crippen molar-refractivity contribution in [3.05, 3.63) is 0 Å². The van der Waals surface area contributed by atoms with Gasteiger partial charge in [0.25, 0.3) is 0 Å². The molecule has 0 N–H and O–H groups in total. The van der Waals surface area contributed by atoms with Crippen molar-refractivity contribution in [2.75, 3.05) is 0 Å². The minimum absolute atomic E-state index is 0.758. The lowest BCUT2D eigenvalue weighted by Crippen LogP contribution is -2.24. The van der Waals surface area contributed by atoms with Crippen LogP contribution >= 0.6 is 0 Å². The number of hydrogen-bond donors (Lipinski definition) is 0. The van der Waals surface area contributed by atoms with Crippen molar-refractivity contribution in [1.82, 2.24) is 0 Å². The fourth-order valence-electron chi connectivity index (χ4n) is 1.36. The second-order valence-corrected chi connectivity index (χ2v) is 3.60. The minimum atomic E-state index is -0.841. The molecule has 1 aliphatic rings. The van der Waals surface area contributed by atoms with E-state index < -0.39 is 5.67 Å². The molecule has 0 nitrogen and oxygen atoms in total.